The first-order valence-electron chi connectivity index (χ1n) is 6.81. The number of nitrogens with zero attached hydrogens (tertiary/aromatic N) is 3. The van der Waals surface area contributed by atoms with E-state index in [4.69, 9.17) is 0 Å². The van der Waals surface area contributed by atoms with Gasteiger partial charge in [0.25, 0.3) is 0 Å². The number of nitrogens with one attached hydrogen (secondary N) is 1. The van der Waals surface area contributed by atoms with Crippen molar-refractivity contribution in [2.24, 2.45) is 0 Å². The molecular formula is C16H18N4. The molecule has 1 aliphatic rings. The van der Waals surface area contributed by atoms with E-state index in [1.165, 1.54) is 11.1 Å². The van der Waals surface area contributed by atoms with Gasteiger partial charge in [-0.05, 0) is 17.5 Å². The highest BCUT2D eigenvalue weighted by Crippen LogP contribution is 2.17. The lowest BCUT2D eigenvalue weighted by Gasteiger charge is -2.29. The van der Waals surface area contributed by atoms with Crippen LogP contribution in [-0.4, -0.2) is 28.1 Å². The summed E-state index contributed by atoms with van der Waals surface area (Å²) in [5.74, 6) is 0. The topological polar surface area (TPSA) is 41.0 Å². The summed E-state index contributed by atoms with van der Waals surface area (Å²) in [6.45, 7) is 6.85. The maximum absolute atomic E-state index is 4.24. The molecule has 0 spiro atoms. The second kappa shape index (κ2) is 5.84. The molecule has 0 unspecified atom stereocenters. The van der Waals surface area contributed by atoms with Crippen molar-refractivity contribution in [3.8, 4) is 0 Å². The van der Waals surface area contributed by atoms with Gasteiger partial charge in [-0.1, -0.05) is 30.8 Å². The van der Waals surface area contributed by atoms with E-state index in [0.717, 1.165) is 37.6 Å². The van der Waals surface area contributed by atoms with Crippen LogP contribution in [0.1, 0.15) is 16.8 Å². The lowest BCUT2D eigenvalue weighted by molar-refractivity contribution is 0.247. The van der Waals surface area contributed by atoms with Gasteiger partial charge in [-0.15, -0.1) is 0 Å². The molecule has 4 nitrogen and oxygen atoms in total. The monoisotopic (exact) mass is 266 g/mol. The van der Waals surface area contributed by atoms with Gasteiger partial charge in [-0.2, -0.15) is 0 Å². The molecule has 0 aliphatic carbocycles. The normalized spacial score (nSPS) is 14.6. The van der Waals surface area contributed by atoms with Gasteiger partial charge in [-0.25, -0.2) is 0 Å². The van der Waals surface area contributed by atoms with Crippen molar-refractivity contribution in [2.75, 3.05) is 13.2 Å². The molecule has 1 N–H and O–H groups in total. The highest BCUT2D eigenvalue weighted by Gasteiger charge is 2.15. The standard InChI is InChI=1S/C16H18N4/c1-13(16-10-17-7-8-18-16)19-12-20-9-6-14-4-2-3-5-15(14)11-20/h2-5,7-8,10,19H,1,6,9,11-12H2. The Morgan fingerprint density at radius 2 is 2.10 bits per heavy atom. The summed E-state index contributed by atoms with van der Waals surface area (Å²) in [6.07, 6.45) is 6.17. The van der Waals surface area contributed by atoms with E-state index in [1.54, 1.807) is 18.6 Å². The molecule has 0 atom stereocenters. The first-order chi connectivity index (χ1) is 9.83. The summed E-state index contributed by atoms with van der Waals surface area (Å²) in [5, 5.41) is 3.33. The highest BCUT2D eigenvalue weighted by atomic mass is 15.2. The molecule has 4 heteroatoms. The zero-order valence-corrected chi connectivity index (χ0v) is 11.4. The van der Waals surface area contributed by atoms with Crippen LogP contribution >= 0.6 is 0 Å². The minimum atomic E-state index is 0.781. The lowest BCUT2D eigenvalue weighted by Crippen LogP contribution is -2.37. The zero-order chi connectivity index (χ0) is 13.8. The maximum Gasteiger partial charge on any atom is 0.104 e. The summed E-state index contributed by atoms with van der Waals surface area (Å²) in [6, 6.07) is 8.65. The fourth-order valence-corrected chi connectivity index (χ4v) is 2.44. The molecule has 0 radical (unpaired) electrons. The van der Waals surface area contributed by atoms with Crippen molar-refractivity contribution >= 4 is 5.70 Å². The van der Waals surface area contributed by atoms with Crippen LogP contribution in [0.5, 0.6) is 0 Å². The smallest absolute Gasteiger partial charge is 0.104 e. The van der Waals surface area contributed by atoms with Gasteiger partial charge in [0.1, 0.15) is 5.69 Å². The van der Waals surface area contributed by atoms with E-state index in [-0.39, 0.29) is 0 Å². The maximum atomic E-state index is 4.24. The number of benzene rings is 1. The van der Waals surface area contributed by atoms with E-state index in [1.807, 2.05) is 0 Å². The molecule has 0 saturated carbocycles. The SMILES string of the molecule is C=C(NCN1CCc2ccccc2C1)c1cnccn1. The second-order valence-corrected chi connectivity index (χ2v) is 4.98. The first-order valence-corrected chi connectivity index (χ1v) is 6.81. The Morgan fingerprint density at radius 3 is 2.90 bits per heavy atom. The molecule has 0 saturated heterocycles. The minimum Gasteiger partial charge on any atom is -0.371 e. The summed E-state index contributed by atoms with van der Waals surface area (Å²) >= 11 is 0. The molecule has 102 valence electrons. The van der Waals surface area contributed by atoms with Crippen LogP contribution in [0.25, 0.3) is 5.70 Å². The largest absolute Gasteiger partial charge is 0.371 e. The third-order valence-electron chi connectivity index (χ3n) is 3.60. The lowest BCUT2D eigenvalue weighted by atomic mass is 10.0. The number of fused-ring (bicyclic) bond motifs is 1. The fourth-order valence-electron chi connectivity index (χ4n) is 2.44. The van der Waals surface area contributed by atoms with Crippen molar-refractivity contribution in [2.45, 2.75) is 13.0 Å². The summed E-state index contributed by atoms with van der Waals surface area (Å²) in [5.41, 5.74) is 4.50. The Morgan fingerprint density at radius 1 is 1.25 bits per heavy atom. The summed E-state index contributed by atoms with van der Waals surface area (Å²) in [7, 11) is 0. The molecule has 2 aromatic rings. The summed E-state index contributed by atoms with van der Waals surface area (Å²) < 4.78 is 0. The molecule has 0 bridgehead atoms. The molecule has 3 rings (SSSR count). The third kappa shape index (κ3) is 2.86. The van der Waals surface area contributed by atoms with Crippen LogP contribution in [0.4, 0.5) is 0 Å². The number of rotatable bonds is 4. The van der Waals surface area contributed by atoms with Crippen LogP contribution in [-0.2, 0) is 13.0 Å². The minimum absolute atomic E-state index is 0.781. The van der Waals surface area contributed by atoms with Crippen LogP contribution < -0.4 is 5.32 Å². The number of hydrogen-bond donors (Lipinski definition) is 1. The fraction of sp³-hybridized carbons (Fsp3) is 0.250. The molecule has 1 aromatic heterocycles. The highest BCUT2D eigenvalue weighted by molar-refractivity contribution is 5.56. The van der Waals surface area contributed by atoms with Crippen LogP contribution in [0, 0.1) is 0 Å². The third-order valence-corrected chi connectivity index (χ3v) is 3.60. The Labute approximate surface area is 119 Å². The molecule has 20 heavy (non-hydrogen) atoms. The molecule has 1 aliphatic heterocycles. The van der Waals surface area contributed by atoms with Crippen molar-refractivity contribution < 1.29 is 0 Å². The quantitative estimate of drug-likeness (QED) is 0.919. The van der Waals surface area contributed by atoms with Crippen molar-refractivity contribution in [3.63, 3.8) is 0 Å². The van der Waals surface area contributed by atoms with Crippen molar-refractivity contribution in [1.82, 2.24) is 20.2 Å². The summed E-state index contributed by atoms with van der Waals surface area (Å²) in [4.78, 5) is 10.7. The van der Waals surface area contributed by atoms with E-state index < -0.39 is 0 Å². The predicted molar refractivity (Wildman–Crippen MR) is 79.6 cm³/mol. The van der Waals surface area contributed by atoms with E-state index in [2.05, 4.69) is 51.0 Å². The van der Waals surface area contributed by atoms with Gasteiger partial charge in [0.15, 0.2) is 0 Å². The van der Waals surface area contributed by atoms with Gasteiger partial charge in [-0.3, -0.25) is 14.9 Å². The first kappa shape index (κ1) is 12.8. The van der Waals surface area contributed by atoms with Gasteiger partial charge in [0.05, 0.1) is 18.6 Å². The Bertz CT molecular complexity index is 594. The van der Waals surface area contributed by atoms with Gasteiger partial charge in [0, 0.05) is 25.5 Å². The van der Waals surface area contributed by atoms with Crippen LogP contribution in [0.15, 0.2) is 49.4 Å². The molecular weight excluding hydrogens is 248 g/mol. The second-order valence-electron chi connectivity index (χ2n) is 4.98. The van der Waals surface area contributed by atoms with Crippen LogP contribution in [0.3, 0.4) is 0 Å². The van der Waals surface area contributed by atoms with Gasteiger partial charge in [0.2, 0.25) is 0 Å². The van der Waals surface area contributed by atoms with Gasteiger partial charge >= 0.3 is 0 Å². The molecule has 0 amide bonds. The predicted octanol–water partition coefficient (Wildman–Crippen LogP) is 2.05. The Balaban J connectivity index is 1.57. The van der Waals surface area contributed by atoms with E-state index in [0.29, 0.717) is 0 Å². The Kier molecular flexibility index (Phi) is 3.74. The van der Waals surface area contributed by atoms with Crippen LogP contribution in [0.2, 0.25) is 0 Å². The number of aromatic nitrogens is 2. The molecule has 1 aromatic carbocycles. The van der Waals surface area contributed by atoms with Crippen molar-refractivity contribution in [1.29, 1.82) is 0 Å². The van der Waals surface area contributed by atoms with Gasteiger partial charge < -0.3 is 5.32 Å². The Hall–Kier alpha value is -2.20. The van der Waals surface area contributed by atoms with Crippen molar-refractivity contribution in [3.05, 3.63) is 66.3 Å². The molecule has 0 fully saturated rings. The molecule has 2 heterocycles. The zero-order valence-electron chi connectivity index (χ0n) is 11.4. The average molecular weight is 266 g/mol. The van der Waals surface area contributed by atoms with E-state index in [9.17, 15) is 0 Å². The van der Waals surface area contributed by atoms with E-state index >= 15 is 0 Å². The number of hydrogen-bond acceptors (Lipinski definition) is 4. The average Bonchev–Trinajstić information content (AvgIpc) is 2.53.